The van der Waals surface area contributed by atoms with Gasteiger partial charge in [-0.2, -0.15) is 4.39 Å². The lowest BCUT2D eigenvalue weighted by Crippen LogP contribution is -2.33. The van der Waals surface area contributed by atoms with Gasteiger partial charge < -0.3 is 9.47 Å². The van der Waals surface area contributed by atoms with Crippen LogP contribution in [-0.4, -0.2) is 19.3 Å². The first-order chi connectivity index (χ1) is 13.6. The van der Waals surface area contributed by atoms with Crippen molar-refractivity contribution in [1.29, 1.82) is 0 Å². The maximum atomic E-state index is 14.6. The lowest BCUT2D eigenvalue weighted by atomic mass is 9.75. The van der Waals surface area contributed by atoms with Crippen LogP contribution in [0.5, 0.6) is 5.75 Å². The van der Waals surface area contributed by atoms with Gasteiger partial charge in [-0.05, 0) is 74.8 Å². The van der Waals surface area contributed by atoms with Crippen molar-refractivity contribution in [2.45, 2.75) is 77.2 Å². The van der Waals surface area contributed by atoms with Crippen LogP contribution in [0.1, 0.15) is 76.7 Å². The largest absolute Gasteiger partial charge is 0.490 e. The Morgan fingerprint density at radius 3 is 2.46 bits per heavy atom. The molecule has 0 radical (unpaired) electrons. The second kappa shape index (κ2) is 10.4. The van der Waals surface area contributed by atoms with Gasteiger partial charge in [0.05, 0.1) is 19.3 Å². The average molecular weight is 393 g/mol. The van der Waals surface area contributed by atoms with Crippen molar-refractivity contribution in [3.05, 3.63) is 41.5 Å². The molecule has 1 saturated carbocycles. The van der Waals surface area contributed by atoms with Crippen LogP contribution in [0.4, 0.5) is 8.78 Å². The zero-order chi connectivity index (χ0) is 19.9. The zero-order valence-electron chi connectivity index (χ0n) is 17.3. The molecule has 1 saturated heterocycles. The van der Waals surface area contributed by atoms with Gasteiger partial charge in [-0.15, -0.1) is 0 Å². The van der Waals surface area contributed by atoms with E-state index in [9.17, 15) is 8.78 Å². The Kier molecular flexibility index (Phi) is 7.90. The number of ether oxygens (including phenoxy) is 2. The standard InChI is InChI=1S/C24H34F2O2/c1-3-5-6-17-7-13-21(28-16-17)19-10-8-18(9-11-19)20-12-14-22(27-15-4-2)24(26)23(20)25/h5-6,12,14,17-19,21H,3-4,7-11,13,15-16H2,1-2H3. The van der Waals surface area contributed by atoms with E-state index in [0.717, 1.165) is 51.6 Å². The third kappa shape index (κ3) is 5.14. The molecule has 2 nitrogen and oxygen atoms in total. The van der Waals surface area contributed by atoms with Gasteiger partial charge in [0.1, 0.15) is 0 Å². The van der Waals surface area contributed by atoms with E-state index in [1.165, 1.54) is 6.42 Å². The van der Waals surface area contributed by atoms with E-state index in [1.807, 2.05) is 6.92 Å². The maximum Gasteiger partial charge on any atom is 0.200 e. The molecule has 0 amide bonds. The molecule has 0 spiro atoms. The molecule has 0 aromatic heterocycles. The molecule has 0 bridgehead atoms. The Balaban J connectivity index is 1.53. The van der Waals surface area contributed by atoms with Gasteiger partial charge in [0.15, 0.2) is 11.6 Å². The summed E-state index contributed by atoms with van der Waals surface area (Å²) in [5.74, 6) is -0.342. The van der Waals surface area contributed by atoms with E-state index < -0.39 is 11.6 Å². The first kappa shape index (κ1) is 21.3. The summed E-state index contributed by atoms with van der Waals surface area (Å²) in [6.07, 6.45) is 12.9. The Hall–Kier alpha value is -1.42. The molecule has 2 atom stereocenters. The predicted molar refractivity (Wildman–Crippen MR) is 109 cm³/mol. The van der Waals surface area contributed by atoms with Gasteiger partial charge in [0.2, 0.25) is 5.82 Å². The molecule has 2 fully saturated rings. The zero-order valence-corrected chi connectivity index (χ0v) is 17.3. The van der Waals surface area contributed by atoms with Crippen LogP contribution in [0.25, 0.3) is 0 Å². The van der Waals surface area contributed by atoms with Gasteiger partial charge >= 0.3 is 0 Å². The van der Waals surface area contributed by atoms with Crippen LogP contribution >= 0.6 is 0 Å². The highest BCUT2D eigenvalue weighted by molar-refractivity contribution is 5.33. The highest BCUT2D eigenvalue weighted by atomic mass is 19.2. The first-order valence-electron chi connectivity index (χ1n) is 11.0. The molecule has 1 aromatic carbocycles. The second-order valence-electron chi connectivity index (χ2n) is 8.29. The Bertz CT molecular complexity index is 642. The number of halogens is 2. The molecular formula is C24H34F2O2. The van der Waals surface area contributed by atoms with E-state index in [-0.39, 0.29) is 11.7 Å². The molecule has 3 rings (SSSR count). The molecule has 156 valence electrons. The van der Waals surface area contributed by atoms with Gasteiger partial charge in [0, 0.05) is 5.92 Å². The first-order valence-corrected chi connectivity index (χ1v) is 11.0. The molecular weight excluding hydrogens is 358 g/mol. The van der Waals surface area contributed by atoms with Gasteiger partial charge in [-0.1, -0.05) is 32.1 Å². The molecule has 2 aliphatic rings. The highest BCUT2D eigenvalue weighted by Gasteiger charge is 2.33. The van der Waals surface area contributed by atoms with Crippen molar-refractivity contribution in [3.8, 4) is 5.75 Å². The van der Waals surface area contributed by atoms with E-state index in [4.69, 9.17) is 9.47 Å². The van der Waals surface area contributed by atoms with Gasteiger partial charge in [0.25, 0.3) is 0 Å². The monoisotopic (exact) mass is 392 g/mol. The fraction of sp³-hybridized carbons (Fsp3) is 0.667. The molecule has 1 aliphatic heterocycles. The average Bonchev–Trinajstić information content (AvgIpc) is 2.74. The molecule has 1 heterocycles. The van der Waals surface area contributed by atoms with Crippen molar-refractivity contribution in [2.75, 3.05) is 13.2 Å². The number of benzene rings is 1. The predicted octanol–water partition coefficient (Wildman–Crippen LogP) is 6.79. The fourth-order valence-corrected chi connectivity index (χ4v) is 4.63. The minimum absolute atomic E-state index is 0.0269. The third-order valence-electron chi connectivity index (χ3n) is 6.27. The Morgan fingerprint density at radius 2 is 1.82 bits per heavy atom. The SMILES string of the molecule is CCC=CC1CCC(C2CCC(c3ccc(OCCC)c(F)c3F)CC2)OC1. The lowest BCUT2D eigenvalue weighted by molar-refractivity contribution is -0.0471. The van der Waals surface area contributed by atoms with Crippen LogP contribution in [-0.2, 0) is 4.74 Å². The van der Waals surface area contributed by atoms with Crippen molar-refractivity contribution in [3.63, 3.8) is 0 Å². The minimum atomic E-state index is -0.838. The van der Waals surface area contributed by atoms with Crippen LogP contribution in [0.2, 0.25) is 0 Å². The normalized spacial score (nSPS) is 28.6. The Morgan fingerprint density at radius 1 is 1.04 bits per heavy atom. The summed E-state index contributed by atoms with van der Waals surface area (Å²) >= 11 is 0. The van der Waals surface area contributed by atoms with Crippen LogP contribution in [0.3, 0.4) is 0 Å². The highest BCUT2D eigenvalue weighted by Crippen LogP contribution is 2.41. The fourth-order valence-electron chi connectivity index (χ4n) is 4.63. The third-order valence-corrected chi connectivity index (χ3v) is 6.27. The van der Waals surface area contributed by atoms with Crippen molar-refractivity contribution < 1.29 is 18.3 Å². The summed E-state index contributed by atoms with van der Waals surface area (Å²) < 4.78 is 40.4. The summed E-state index contributed by atoms with van der Waals surface area (Å²) in [5, 5.41) is 0. The molecule has 1 aromatic rings. The Labute approximate surface area is 168 Å². The summed E-state index contributed by atoms with van der Waals surface area (Å²) in [6.45, 7) is 5.32. The van der Waals surface area contributed by atoms with Crippen LogP contribution < -0.4 is 4.74 Å². The number of rotatable bonds is 7. The van der Waals surface area contributed by atoms with E-state index in [1.54, 1.807) is 12.1 Å². The van der Waals surface area contributed by atoms with E-state index in [0.29, 0.717) is 30.1 Å². The molecule has 0 N–H and O–H groups in total. The lowest BCUT2D eigenvalue weighted by Gasteiger charge is -2.37. The van der Waals surface area contributed by atoms with E-state index in [2.05, 4.69) is 19.1 Å². The van der Waals surface area contributed by atoms with Gasteiger partial charge in [-0.3, -0.25) is 0 Å². The number of allylic oxidation sites excluding steroid dienone is 1. The van der Waals surface area contributed by atoms with Crippen molar-refractivity contribution in [1.82, 2.24) is 0 Å². The van der Waals surface area contributed by atoms with Gasteiger partial charge in [-0.25, -0.2) is 4.39 Å². The summed E-state index contributed by atoms with van der Waals surface area (Å²) in [4.78, 5) is 0. The van der Waals surface area contributed by atoms with Crippen LogP contribution in [0.15, 0.2) is 24.3 Å². The summed E-state index contributed by atoms with van der Waals surface area (Å²) in [5.41, 5.74) is 0.508. The van der Waals surface area contributed by atoms with E-state index >= 15 is 0 Å². The number of hydrogen-bond donors (Lipinski definition) is 0. The van der Waals surface area contributed by atoms with Crippen LogP contribution in [0, 0.1) is 23.5 Å². The summed E-state index contributed by atoms with van der Waals surface area (Å²) in [6, 6.07) is 3.31. The van der Waals surface area contributed by atoms with Crippen molar-refractivity contribution >= 4 is 0 Å². The topological polar surface area (TPSA) is 18.5 Å². The molecule has 4 heteroatoms. The minimum Gasteiger partial charge on any atom is -0.490 e. The molecule has 1 aliphatic carbocycles. The second-order valence-corrected chi connectivity index (χ2v) is 8.29. The number of hydrogen-bond acceptors (Lipinski definition) is 2. The van der Waals surface area contributed by atoms with Crippen molar-refractivity contribution in [2.24, 2.45) is 11.8 Å². The molecule has 28 heavy (non-hydrogen) atoms. The molecule has 2 unspecified atom stereocenters. The quantitative estimate of drug-likeness (QED) is 0.476. The summed E-state index contributed by atoms with van der Waals surface area (Å²) in [7, 11) is 0. The smallest absolute Gasteiger partial charge is 0.200 e. The maximum absolute atomic E-state index is 14.6.